The molecule has 1 fully saturated rings. The second-order valence-corrected chi connectivity index (χ2v) is 7.81. The lowest BCUT2D eigenvalue weighted by molar-refractivity contribution is 0.0691. The molecule has 0 radical (unpaired) electrons. The number of pyridine rings is 1. The van der Waals surface area contributed by atoms with Crippen molar-refractivity contribution in [1.82, 2.24) is 24.8 Å². The lowest BCUT2D eigenvalue weighted by atomic mass is 10.1. The van der Waals surface area contributed by atoms with E-state index < -0.39 is 5.97 Å². The highest BCUT2D eigenvalue weighted by atomic mass is 16.4. The highest BCUT2D eigenvalue weighted by molar-refractivity contribution is 5.92. The van der Waals surface area contributed by atoms with Crippen molar-refractivity contribution in [3.8, 4) is 0 Å². The van der Waals surface area contributed by atoms with Gasteiger partial charge >= 0.3 is 5.97 Å². The standard InChI is InChI=1S/C21H27N7O2/c1-3-14(2)13-27-6-8-28(9-7-27)16-4-5-18(22-12-16)25-21-23-11-15-10-17(20(29)30)24-19(15)26-21/h4-5,10-12,14H,3,6-9,13H2,1-2H3,(H,29,30)(H2,22,23,24,25,26). The molecule has 0 amide bonds. The summed E-state index contributed by atoms with van der Waals surface area (Å²) in [6.07, 6.45) is 4.67. The second kappa shape index (κ2) is 8.66. The Morgan fingerprint density at radius 1 is 1.23 bits per heavy atom. The predicted octanol–water partition coefficient (Wildman–Crippen LogP) is 2.96. The zero-order chi connectivity index (χ0) is 21.1. The smallest absolute Gasteiger partial charge is 0.352 e. The molecule has 0 aromatic carbocycles. The van der Waals surface area contributed by atoms with Crippen LogP contribution in [0.15, 0.2) is 30.6 Å². The average Bonchev–Trinajstić information content (AvgIpc) is 3.19. The van der Waals surface area contributed by atoms with E-state index in [0.29, 0.717) is 22.8 Å². The Kier molecular flexibility index (Phi) is 5.80. The van der Waals surface area contributed by atoms with E-state index in [4.69, 9.17) is 5.11 Å². The number of rotatable bonds is 7. The van der Waals surface area contributed by atoms with Gasteiger partial charge in [0.15, 0.2) is 0 Å². The molecule has 0 bridgehead atoms. The van der Waals surface area contributed by atoms with Gasteiger partial charge in [-0.15, -0.1) is 0 Å². The highest BCUT2D eigenvalue weighted by Crippen LogP contribution is 2.20. The van der Waals surface area contributed by atoms with Gasteiger partial charge in [-0.2, -0.15) is 4.98 Å². The van der Waals surface area contributed by atoms with E-state index in [0.717, 1.165) is 37.8 Å². The molecule has 158 valence electrons. The summed E-state index contributed by atoms with van der Waals surface area (Å²) in [5, 5.41) is 12.8. The number of nitrogens with one attached hydrogen (secondary N) is 2. The van der Waals surface area contributed by atoms with Crippen molar-refractivity contribution in [2.24, 2.45) is 5.92 Å². The summed E-state index contributed by atoms with van der Waals surface area (Å²) < 4.78 is 0. The van der Waals surface area contributed by atoms with Crippen molar-refractivity contribution < 1.29 is 9.90 Å². The number of aromatic amines is 1. The zero-order valence-electron chi connectivity index (χ0n) is 17.3. The first-order chi connectivity index (χ1) is 14.5. The van der Waals surface area contributed by atoms with E-state index in [9.17, 15) is 4.79 Å². The fraction of sp³-hybridized carbons (Fsp3) is 0.429. The van der Waals surface area contributed by atoms with Crippen LogP contribution in [0.5, 0.6) is 0 Å². The maximum Gasteiger partial charge on any atom is 0.352 e. The van der Waals surface area contributed by atoms with Crippen LogP contribution in [-0.2, 0) is 0 Å². The van der Waals surface area contributed by atoms with Crippen molar-refractivity contribution in [3.05, 3.63) is 36.3 Å². The predicted molar refractivity (Wildman–Crippen MR) is 116 cm³/mol. The average molecular weight is 409 g/mol. The molecule has 1 saturated heterocycles. The molecule has 1 unspecified atom stereocenters. The molecule has 3 aromatic rings. The number of carbonyl (C=O) groups is 1. The summed E-state index contributed by atoms with van der Waals surface area (Å²) in [7, 11) is 0. The van der Waals surface area contributed by atoms with Crippen molar-refractivity contribution in [2.75, 3.05) is 42.9 Å². The number of hydrogen-bond acceptors (Lipinski definition) is 7. The van der Waals surface area contributed by atoms with E-state index in [-0.39, 0.29) is 5.69 Å². The van der Waals surface area contributed by atoms with Gasteiger partial charge in [0.05, 0.1) is 11.9 Å². The van der Waals surface area contributed by atoms with Crippen molar-refractivity contribution >= 4 is 34.5 Å². The first-order valence-electron chi connectivity index (χ1n) is 10.3. The molecular weight excluding hydrogens is 382 g/mol. The minimum atomic E-state index is -1.03. The third kappa shape index (κ3) is 4.51. The molecule has 4 heterocycles. The third-order valence-corrected chi connectivity index (χ3v) is 5.59. The Hall–Kier alpha value is -3.20. The Morgan fingerprint density at radius 3 is 2.70 bits per heavy atom. The molecule has 0 spiro atoms. The van der Waals surface area contributed by atoms with Crippen molar-refractivity contribution in [2.45, 2.75) is 20.3 Å². The van der Waals surface area contributed by atoms with Crippen LogP contribution >= 0.6 is 0 Å². The molecule has 4 rings (SSSR count). The number of carboxylic acids is 1. The maximum atomic E-state index is 11.1. The summed E-state index contributed by atoms with van der Waals surface area (Å²) in [6.45, 7) is 9.89. The summed E-state index contributed by atoms with van der Waals surface area (Å²) in [6, 6.07) is 5.47. The quantitative estimate of drug-likeness (QED) is 0.546. The van der Waals surface area contributed by atoms with E-state index in [1.807, 2.05) is 12.3 Å². The van der Waals surface area contributed by atoms with Crippen molar-refractivity contribution in [3.63, 3.8) is 0 Å². The van der Waals surface area contributed by atoms with Gasteiger partial charge in [-0.1, -0.05) is 20.3 Å². The van der Waals surface area contributed by atoms with Gasteiger partial charge in [-0.3, -0.25) is 4.90 Å². The maximum absolute atomic E-state index is 11.1. The fourth-order valence-corrected chi connectivity index (χ4v) is 3.61. The van der Waals surface area contributed by atoms with E-state index in [2.05, 4.69) is 55.0 Å². The summed E-state index contributed by atoms with van der Waals surface area (Å²) in [4.78, 5) is 31.8. The normalized spacial score (nSPS) is 16.0. The summed E-state index contributed by atoms with van der Waals surface area (Å²) in [5.74, 6) is 0.714. The lowest BCUT2D eigenvalue weighted by Crippen LogP contribution is -2.47. The van der Waals surface area contributed by atoms with E-state index in [1.165, 1.54) is 19.0 Å². The summed E-state index contributed by atoms with van der Waals surface area (Å²) >= 11 is 0. The van der Waals surface area contributed by atoms with Crippen LogP contribution < -0.4 is 10.2 Å². The molecule has 1 atom stereocenters. The first-order valence-corrected chi connectivity index (χ1v) is 10.3. The van der Waals surface area contributed by atoms with Crippen LogP contribution in [0.3, 0.4) is 0 Å². The zero-order valence-corrected chi connectivity index (χ0v) is 17.3. The molecule has 1 aliphatic rings. The molecule has 0 saturated carbocycles. The molecule has 1 aliphatic heterocycles. The SMILES string of the molecule is CCC(C)CN1CCN(c2ccc(Nc3ncc4cc(C(=O)O)[nH]c4n3)nc2)CC1. The Balaban J connectivity index is 1.37. The van der Waals surface area contributed by atoms with Gasteiger partial charge in [-0.25, -0.2) is 14.8 Å². The number of hydrogen-bond donors (Lipinski definition) is 3. The number of nitrogens with zero attached hydrogens (tertiary/aromatic N) is 5. The van der Waals surface area contributed by atoms with Crippen LogP contribution in [0.25, 0.3) is 11.0 Å². The fourth-order valence-electron chi connectivity index (χ4n) is 3.61. The Labute approximate surface area is 175 Å². The topological polar surface area (TPSA) is 110 Å². The Morgan fingerprint density at radius 2 is 2.03 bits per heavy atom. The van der Waals surface area contributed by atoms with E-state index in [1.54, 1.807) is 6.20 Å². The van der Waals surface area contributed by atoms with Crippen LogP contribution in [0.4, 0.5) is 17.5 Å². The number of carboxylic acid groups (broad SMARTS) is 1. The molecule has 30 heavy (non-hydrogen) atoms. The van der Waals surface area contributed by atoms with Crippen LogP contribution in [0, 0.1) is 5.92 Å². The molecule has 9 nitrogen and oxygen atoms in total. The minimum Gasteiger partial charge on any atom is -0.477 e. The number of piperazine rings is 1. The number of H-pyrrole nitrogens is 1. The first kappa shape index (κ1) is 20.1. The van der Waals surface area contributed by atoms with Crippen LogP contribution in [0.2, 0.25) is 0 Å². The summed E-state index contributed by atoms with van der Waals surface area (Å²) in [5.41, 5.74) is 1.66. The largest absolute Gasteiger partial charge is 0.477 e. The van der Waals surface area contributed by atoms with Crippen LogP contribution in [0.1, 0.15) is 30.8 Å². The number of aromatic nitrogens is 4. The van der Waals surface area contributed by atoms with Gasteiger partial charge in [0.2, 0.25) is 5.95 Å². The Bertz CT molecular complexity index is 1010. The third-order valence-electron chi connectivity index (χ3n) is 5.59. The molecule has 9 heteroatoms. The minimum absolute atomic E-state index is 0.0863. The van der Waals surface area contributed by atoms with Gasteiger partial charge in [0.1, 0.15) is 17.2 Å². The van der Waals surface area contributed by atoms with Gasteiger partial charge in [0, 0.05) is 44.3 Å². The number of fused-ring (bicyclic) bond motifs is 1. The highest BCUT2D eigenvalue weighted by Gasteiger charge is 2.18. The number of anilines is 3. The van der Waals surface area contributed by atoms with Crippen molar-refractivity contribution in [1.29, 1.82) is 0 Å². The second-order valence-electron chi connectivity index (χ2n) is 7.81. The van der Waals surface area contributed by atoms with Gasteiger partial charge < -0.3 is 20.3 Å². The van der Waals surface area contributed by atoms with Gasteiger partial charge in [0.25, 0.3) is 0 Å². The van der Waals surface area contributed by atoms with Gasteiger partial charge in [-0.05, 0) is 24.1 Å². The molecule has 3 aromatic heterocycles. The lowest BCUT2D eigenvalue weighted by Gasteiger charge is -2.37. The van der Waals surface area contributed by atoms with E-state index >= 15 is 0 Å². The number of aromatic carboxylic acids is 1. The molecule has 0 aliphatic carbocycles. The monoisotopic (exact) mass is 409 g/mol. The van der Waals surface area contributed by atoms with Crippen LogP contribution in [-0.4, -0.2) is 68.6 Å². The molecular formula is C21H27N7O2. The molecule has 3 N–H and O–H groups in total.